The van der Waals surface area contributed by atoms with Gasteiger partial charge >= 0.3 is 0 Å². The van der Waals surface area contributed by atoms with Crippen molar-refractivity contribution in [1.82, 2.24) is 4.57 Å². The van der Waals surface area contributed by atoms with E-state index in [1.165, 1.54) is 23.0 Å². The number of hydrogen-bond acceptors (Lipinski definition) is 3. The second kappa shape index (κ2) is 8.74. The van der Waals surface area contributed by atoms with Gasteiger partial charge in [-0.15, -0.1) is 0 Å². The Morgan fingerprint density at radius 2 is 2.04 bits per heavy atom. The van der Waals surface area contributed by atoms with E-state index < -0.39 is 0 Å². The zero-order valence-electron chi connectivity index (χ0n) is 15.0. The fourth-order valence-electron chi connectivity index (χ4n) is 2.65. The normalized spacial score (nSPS) is 12.3. The largest absolute Gasteiger partial charge is 0.380 e. The van der Waals surface area contributed by atoms with Gasteiger partial charge in [-0.05, 0) is 43.2 Å². The molecule has 1 aromatic heterocycles. The molecule has 0 atom stereocenters. The molecule has 0 saturated carbocycles. The van der Waals surface area contributed by atoms with Crippen LogP contribution in [0.4, 0.5) is 0 Å². The Morgan fingerprint density at radius 3 is 2.81 bits per heavy atom. The Labute approximate surface area is 157 Å². The third-order valence-electron chi connectivity index (χ3n) is 3.93. The van der Waals surface area contributed by atoms with Crippen LogP contribution in [-0.4, -0.2) is 23.7 Å². The van der Waals surface area contributed by atoms with Crippen molar-refractivity contribution >= 4 is 33.5 Å². The van der Waals surface area contributed by atoms with Gasteiger partial charge in [-0.2, -0.15) is 4.99 Å². The first kappa shape index (κ1) is 18.3. The zero-order valence-corrected chi connectivity index (χ0v) is 15.8. The summed E-state index contributed by atoms with van der Waals surface area (Å²) >= 11 is 1.53. The van der Waals surface area contributed by atoms with E-state index in [1.807, 2.05) is 37.3 Å². The number of nitrogens with zero attached hydrogens (tertiary/aromatic N) is 2. The summed E-state index contributed by atoms with van der Waals surface area (Å²) in [6.45, 7) is 5.98. The third-order valence-corrected chi connectivity index (χ3v) is 4.97. The summed E-state index contributed by atoms with van der Waals surface area (Å²) in [7, 11) is 0. The smallest absolute Gasteiger partial charge is 0.272 e. The second-order valence-corrected chi connectivity index (χ2v) is 6.91. The topological polar surface area (TPSA) is 43.6 Å². The maximum absolute atomic E-state index is 12.3. The van der Waals surface area contributed by atoms with Crippen molar-refractivity contribution in [2.24, 2.45) is 4.99 Å². The van der Waals surface area contributed by atoms with Gasteiger partial charge in [-0.25, -0.2) is 0 Å². The molecule has 0 aliphatic rings. The minimum Gasteiger partial charge on any atom is -0.380 e. The van der Waals surface area contributed by atoms with Crippen LogP contribution < -0.4 is 4.80 Å². The van der Waals surface area contributed by atoms with E-state index in [0.29, 0.717) is 24.6 Å². The summed E-state index contributed by atoms with van der Waals surface area (Å²) in [5.74, 6) is -0.262. The average Bonchev–Trinajstić information content (AvgIpc) is 2.97. The molecule has 1 heterocycles. The SMILES string of the molecule is CCOCCn1c(=NC(=O)/C=C/c2ccccc2)sc2cc(C)ccc21. The van der Waals surface area contributed by atoms with E-state index in [4.69, 9.17) is 4.74 Å². The number of carbonyl (C=O) groups excluding carboxylic acids is 1. The van der Waals surface area contributed by atoms with E-state index >= 15 is 0 Å². The van der Waals surface area contributed by atoms with Gasteiger partial charge in [0.15, 0.2) is 4.80 Å². The lowest BCUT2D eigenvalue weighted by molar-refractivity contribution is -0.113. The second-order valence-electron chi connectivity index (χ2n) is 5.90. The predicted octanol–water partition coefficient (Wildman–Crippen LogP) is 4.19. The molecule has 0 aliphatic heterocycles. The first-order valence-electron chi connectivity index (χ1n) is 8.67. The quantitative estimate of drug-likeness (QED) is 0.485. The number of benzene rings is 2. The highest BCUT2D eigenvalue weighted by Gasteiger charge is 2.07. The molecule has 26 heavy (non-hydrogen) atoms. The molecule has 3 rings (SSSR count). The molecule has 0 radical (unpaired) electrons. The highest BCUT2D eigenvalue weighted by molar-refractivity contribution is 7.16. The summed E-state index contributed by atoms with van der Waals surface area (Å²) in [4.78, 5) is 17.3. The van der Waals surface area contributed by atoms with Crippen LogP contribution in [0, 0.1) is 6.92 Å². The third kappa shape index (κ3) is 4.56. The number of amides is 1. The van der Waals surface area contributed by atoms with Gasteiger partial charge in [0.25, 0.3) is 5.91 Å². The molecule has 0 unspecified atom stereocenters. The van der Waals surface area contributed by atoms with Crippen LogP contribution in [0.3, 0.4) is 0 Å². The van der Waals surface area contributed by atoms with Crippen molar-refractivity contribution in [3.05, 3.63) is 70.5 Å². The van der Waals surface area contributed by atoms with Crippen LogP contribution in [-0.2, 0) is 16.1 Å². The fraction of sp³-hybridized carbons (Fsp3) is 0.238. The molecule has 3 aromatic rings. The highest BCUT2D eigenvalue weighted by Crippen LogP contribution is 2.19. The Hall–Kier alpha value is -2.50. The minimum atomic E-state index is -0.262. The number of hydrogen-bond donors (Lipinski definition) is 0. The van der Waals surface area contributed by atoms with E-state index in [0.717, 1.165) is 15.8 Å². The first-order chi connectivity index (χ1) is 12.7. The molecule has 0 aliphatic carbocycles. The van der Waals surface area contributed by atoms with Crippen molar-refractivity contribution in [3.8, 4) is 0 Å². The molecule has 0 fully saturated rings. The van der Waals surface area contributed by atoms with Crippen molar-refractivity contribution < 1.29 is 9.53 Å². The Kier molecular flexibility index (Phi) is 6.15. The number of aryl methyl sites for hydroxylation is 1. The van der Waals surface area contributed by atoms with Gasteiger partial charge in [-0.1, -0.05) is 47.7 Å². The molecular weight excluding hydrogens is 344 g/mol. The highest BCUT2D eigenvalue weighted by atomic mass is 32.1. The molecule has 5 heteroatoms. The molecule has 4 nitrogen and oxygen atoms in total. The van der Waals surface area contributed by atoms with Crippen LogP contribution in [0.2, 0.25) is 0 Å². The zero-order chi connectivity index (χ0) is 18.4. The van der Waals surface area contributed by atoms with Crippen LogP contribution >= 0.6 is 11.3 Å². The van der Waals surface area contributed by atoms with Gasteiger partial charge in [0.1, 0.15) is 0 Å². The molecule has 1 amide bonds. The summed E-state index contributed by atoms with van der Waals surface area (Å²) in [5.41, 5.74) is 3.25. The van der Waals surface area contributed by atoms with Gasteiger partial charge in [0, 0.05) is 19.2 Å². The Morgan fingerprint density at radius 1 is 1.23 bits per heavy atom. The maximum atomic E-state index is 12.3. The van der Waals surface area contributed by atoms with E-state index in [9.17, 15) is 4.79 Å². The lowest BCUT2D eigenvalue weighted by atomic mass is 10.2. The van der Waals surface area contributed by atoms with Crippen LogP contribution in [0.5, 0.6) is 0 Å². The van der Waals surface area contributed by atoms with Crippen LogP contribution in [0.15, 0.2) is 59.6 Å². The number of fused-ring (bicyclic) bond motifs is 1. The van der Waals surface area contributed by atoms with E-state index in [1.54, 1.807) is 6.08 Å². The average molecular weight is 366 g/mol. The Bertz CT molecular complexity index is 984. The molecule has 0 spiro atoms. The standard InChI is InChI=1S/C21H22N2O2S/c1-3-25-14-13-23-18-11-9-16(2)15-19(18)26-21(23)22-20(24)12-10-17-7-5-4-6-8-17/h4-12,15H,3,13-14H2,1-2H3/b12-10+,22-21?. The van der Waals surface area contributed by atoms with Crippen molar-refractivity contribution in [3.63, 3.8) is 0 Å². The summed E-state index contributed by atoms with van der Waals surface area (Å²) in [6.07, 6.45) is 3.30. The van der Waals surface area contributed by atoms with E-state index in [2.05, 4.69) is 34.7 Å². The van der Waals surface area contributed by atoms with Crippen molar-refractivity contribution in [2.75, 3.05) is 13.2 Å². The number of thiazole rings is 1. The van der Waals surface area contributed by atoms with Crippen molar-refractivity contribution in [1.29, 1.82) is 0 Å². The van der Waals surface area contributed by atoms with Crippen molar-refractivity contribution in [2.45, 2.75) is 20.4 Å². The summed E-state index contributed by atoms with van der Waals surface area (Å²) in [6, 6.07) is 16.0. The summed E-state index contributed by atoms with van der Waals surface area (Å²) < 4.78 is 8.67. The lowest BCUT2D eigenvalue weighted by Crippen LogP contribution is -2.19. The fourth-order valence-corrected chi connectivity index (χ4v) is 3.80. The summed E-state index contributed by atoms with van der Waals surface area (Å²) in [5, 5.41) is 0. The predicted molar refractivity (Wildman–Crippen MR) is 107 cm³/mol. The molecular formula is C21H22N2O2S. The molecule has 134 valence electrons. The molecule has 0 saturated heterocycles. The number of aromatic nitrogens is 1. The maximum Gasteiger partial charge on any atom is 0.272 e. The first-order valence-corrected chi connectivity index (χ1v) is 9.48. The van der Waals surface area contributed by atoms with Crippen LogP contribution in [0.25, 0.3) is 16.3 Å². The number of carbonyl (C=O) groups is 1. The number of ether oxygens (including phenoxy) is 1. The Balaban J connectivity index is 1.93. The monoisotopic (exact) mass is 366 g/mol. The van der Waals surface area contributed by atoms with Crippen LogP contribution in [0.1, 0.15) is 18.1 Å². The van der Waals surface area contributed by atoms with Gasteiger partial charge < -0.3 is 9.30 Å². The number of rotatable bonds is 6. The molecule has 0 N–H and O–H groups in total. The minimum absolute atomic E-state index is 0.262. The van der Waals surface area contributed by atoms with E-state index in [-0.39, 0.29) is 5.91 Å². The van der Waals surface area contributed by atoms with Gasteiger partial charge in [-0.3, -0.25) is 4.79 Å². The molecule has 0 bridgehead atoms. The van der Waals surface area contributed by atoms with Gasteiger partial charge in [0.05, 0.1) is 16.8 Å². The molecule has 2 aromatic carbocycles. The van der Waals surface area contributed by atoms with Gasteiger partial charge in [0.2, 0.25) is 0 Å². The lowest BCUT2D eigenvalue weighted by Gasteiger charge is -2.05.